The molecule has 1 aromatic heterocycles. The van der Waals surface area contributed by atoms with Gasteiger partial charge in [-0.2, -0.15) is 0 Å². The number of likely N-dealkylation sites (N-methyl/N-ethyl adjacent to an activating group) is 1. The molecule has 0 atom stereocenters. The lowest BCUT2D eigenvalue weighted by molar-refractivity contribution is 0.102. The zero-order valence-corrected chi connectivity index (χ0v) is 14.9. The number of amides is 1. The number of carbonyl (C=O) groups is 1. The van der Waals surface area contributed by atoms with Crippen molar-refractivity contribution in [1.82, 2.24) is 9.88 Å². The van der Waals surface area contributed by atoms with Crippen molar-refractivity contribution in [1.29, 1.82) is 0 Å². The van der Waals surface area contributed by atoms with Gasteiger partial charge in [-0.1, -0.05) is 13.8 Å². The molecule has 0 fully saturated rings. The number of aromatic nitrogens is 1. The molecule has 1 aromatic carbocycles. The fourth-order valence-electron chi connectivity index (χ4n) is 2.17. The molecule has 0 saturated heterocycles. The maximum absolute atomic E-state index is 12.0. The van der Waals surface area contributed by atoms with Crippen LogP contribution in [0.2, 0.25) is 0 Å². The molecular formula is C18H24ClN3O2. The van der Waals surface area contributed by atoms with E-state index in [4.69, 9.17) is 4.74 Å². The summed E-state index contributed by atoms with van der Waals surface area (Å²) in [4.78, 5) is 18.3. The lowest BCUT2D eigenvalue weighted by atomic mass is 10.2. The van der Waals surface area contributed by atoms with Crippen molar-refractivity contribution < 1.29 is 9.53 Å². The molecule has 0 saturated carbocycles. The predicted octanol–water partition coefficient (Wildman–Crippen LogP) is 3.48. The normalized spacial score (nSPS) is 10.1. The molecular weight excluding hydrogens is 326 g/mol. The fourth-order valence-corrected chi connectivity index (χ4v) is 2.17. The first-order chi connectivity index (χ1) is 11.2. The Morgan fingerprint density at radius 3 is 2.46 bits per heavy atom. The van der Waals surface area contributed by atoms with Crippen molar-refractivity contribution in [3.63, 3.8) is 0 Å². The second-order valence-corrected chi connectivity index (χ2v) is 5.10. The molecule has 0 spiro atoms. The first kappa shape index (κ1) is 19.9. The molecule has 2 rings (SSSR count). The molecule has 6 heteroatoms. The van der Waals surface area contributed by atoms with Crippen molar-refractivity contribution in [2.45, 2.75) is 13.8 Å². The Kier molecular flexibility index (Phi) is 8.83. The number of benzene rings is 1. The summed E-state index contributed by atoms with van der Waals surface area (Å²) in [5, 5.41) is 2.84. The monoisotopic (exact) mass is 349 g/mol. The van der Waals surface area contributed by atoms with Gasteiger partial charge in [0, 0.05) is 24.6 Å². The average Bonchev–Trinajstić information content (AvgIpc) is 2.61. The van der Waals surface area contributed by atoms with Crippen LogP contribution in [0.4, 0.5) is 5.69 Å². The SMILES string of the molecule is CCN(CC)CCOc1ccc(NC(=O)c2cccnc2)cc1.Cl. The Morgan fingerprint density at radius 2 is 1.88 bits per heavy atom. The van der Waals surface area contributed by atoms with Gasteiger partial charge < -0.3 is 15.0 Å². The molecule has 1 amide bonds. The number of nitrogens with one attached hydrogen (secondary N) is 1. The smallest absolute Gasteiger partial charge is 0.257 e. The van der Waals surface area contributed by atoms with E-state index in [-0.39, 0.29) is 18.3 Å². The zero-order chi connectivity index (χ0) is 16.5. The van der Waals surface area contributed by atoms with E-state index in [0.29, 0.717) is 12.2 Å². The molecule has 0 aliphatic rings. The molecule has 5 nitrogen and oxygen atoms in total. The summed E-state index contributed by atoms with van der Waals surface area (Å²) >= 11 is 0. The Bertz CT molecular complexity index is 601. The number of hydrogen-bond acceptors (Lipinski definition) is 4. The van der Waals surface area contributed by atoms with Crippen LogP contribution >= 0.6 is 12.4 Å². The summed E-state index contributed by atoms with van der Waals surface area (Å²) in [5.41, 5.74) is 1.27. The molecule has 0 aliphatic heterocycles. The van der Waals surface area contributed by atoms with E-state index in [2.05, 4.69) is 29.0 Å². The number of anilines is 1. The van der Waals surface area contributed by atoms with Crippen molar-refractivity contribution >= 4 is 24.0 Å². The van der Waals surface area contributed by atoms with Gasteiger partial charge in [0.15, 0.2) is 0 Å². The van der Waals surface area contributed by atoms with Crippen molar-refractivity contribution in [2.24, 2.45) is 0 Å². The summed E-state index contributed by atoms with van der Waals surface area (Å²) in [6.45, 7) is 7.90. The number of nitrogens with zero attached hydrogens (tertiary/aromatic N) is 2. The van der Waals surface area contributed by atoms with Gasteiger partial charge >= 0.3 is 0 Å². The minimum atomic E-state index is -0.173. The molecule has 24 heavy (non-hydrogen) atoms. The standard InChI is InChI=1S/C18H23N3O2.ClH/c1-3-21(4-2)12-13-23-17-9-7-16(8-10-17)20-18(22)15-6-5-11-19-14-15;/h5-11,14H,3-4,12-13H2,1-2H3,(H,20,22);1H. The van der Waals surface area contributed by atoms with E-state index in [1.54, 1.807) is 24.5 Å². The van der Waals surface area contributed by atoms with Crippen molar-refractivity contribution in [3.8, 4) is 5.75 Å². The first-order valence-electron chi connectivity index (χ1n) is 7.89. The van der Waals surface area contributed by atoms with Crippen molar-refractivity contribution in [2.75, 3.05) is 31.6 Å². The average molecular weight is 350 g/mol. The van der Waals surface area contributed by atoms with Gasteiger partial charge in [0.1, 0.15) is 12.4 Å². The highest BCUT2D eigenvalue weighted by atomic mass is 35.5. The first-order valence-corrected chi connectivity index (χ1v) is 7.89. The van der Waals surface area contributed by atoms with Gasteiger partial charge in [-0.15, -0.1) is 12.4 Å². The molecule has 1 heterocycles. The van der Waals surface area contributed by atoms with E-state index in [1.165, 1.54) is 0 Å². The Labute approximate surface area is 149 Å². The van der Waals surface area contributed by atoms with E-state index in [1.807, 2.05) is 24.3 Å². The van der Waals surface area contributed by atoms with Crippen molar-refractivity contribution in [3.05, 3.63) is 54.4 Å². The zero-order valence-electron chi connectivity index (χ0n) is 14.1. The Morgan fingerprint density at radius 1 is 1.17 bits per heavy atom. The van der Waals surface area contributed by atoms with Gasteiger partial charge in [0.25, 0.3) is 5.91 Å². The van der Waals surface area contributed by atoms with Crippen LogP contribution in [0.3, 0.4) is 0 Å². The van der Waals surface area contributed by atoms with E-state index in [0.717, 1.165) is 31.1 Å². The third-order valence-electron chi connectivity index (χ3n) is 3.61. The van der Waals surface area contributed by atoms with E-state index >= 15 is 0 Å². The largest absolute Gasteiger partial charge is 0.492 e. The molecule has 0 unspecified atom stereocenters. The highest BCUT2D eigenvalue weighted by Gasteiger charge is 2.06. The number of halogens is 1. The van der Waals surface area contributed by atoms with Gasteiger partial charge in [-0.25, -0.2) is 0 Å². The Hall–Kier alpha value is -2.11. The predicted molar refractivity (Wildman–Crippen MR) is 99.2 cm³/mol. The lowest BCUT2D eigenvalue weighted by Gasteiger charge is -2.18. The van der Waals surface area contributed by atoms with Crippen LogP contribution in [-0.4, -0.2) is 42.0 Å². The molecule has 0 aliphatic carbocycles. The molecule has 130 valence electrons. The lowest BCUT2D eigenvalue weighted by Crippen LogP contribution is -2.27. The maximum atomic E-state index is 12.0. The third-order valence-corrected chi connectivity index (χ3v) is 3.61. The highest BCUT2D eigenvalue weighted by Crippen LogP contribution is 2.16. The van der Waals surface area contributed by atoms with Crippen LogP contribution in [0.25, 0.3) is 0 Å². The second kappa shape index (κ2) is 10.6. The quantitative estimate of drug-likeness (QED) is 0.792. The minimum absolute atomic E-state index is 0. The van der Waals surface area contributed by atoms with E-state index in [9.17, 15) is 4.79 Å². The second-order valence-electron chi connectivity index (χ2n) is 5.10. The third kappa shape index (κ3) is 6.18. The molecule has 1 N–H and O–H groups in total. The number of rotatable bonds is 8. The molecule has 0 bridgehead atoms. The van der Waals surface area contributed by atoms with Crippen LogP contribution in [0.5, 0.6) is 5.75 Å². The van der Waals surface area contributed by atoms with Crippen LogP contribution in [0, 0.1) is 0 Å². The number of hydrogen-bond donors (Lipinski definition) is 1. The molecule has 0 radical (unpaired) electrons. The summed E-state index contributed by atoms with van der Waals surface area (Å²) in [6, 6.07) is 10.9. The van der Waals surface area contributed by atoms with Gasteiger partial charge in [-0.05, 0) is 49.5 Å². The van der Waals surface area contributed by atoms with E-state index < -0.39 is 0 Å². The summed E-state index contributed by atoms with van der Waals surface area (Å²) in [6.07, 6.45) is 3.18. The van der Waals surface area contributed by atoms with Crippen LogP contribution < -0.4 is 10.1 Å². The van der Waals surface area contributed by atoms with Crippen LogP contribution in [-0.2, 0) is 0 Å². The van der Waals surface area contributed by atoms with Crippen LogP contribution in [0.15, 0.2) is 48.8 Å². The van der Waals surface area contributed by atoms with Gasteiger partial charge in [0.2, 0.25) is 0 Å². The van der Waals surface area contributed by atoms with Gasteiger partial charge in [0.05, 0.1) is 5.56 Å². The number of carbonyl (C=O) groups excluding carboxylic acids is 1. The highest BCUT2D eigenvalue weighted by molar-refractivity contribution is 6.04. The topological polar surface area (TPSA) is 54.5 Å². The fraction of sp³-hybridized carbons (Fsp3) is 0.333. The minimum Gasteiger partial charge on any atom is -0.492 e. The Balaban J connectivity index is 0.00000288. The van der Waals surface area contributed by atoms with Gasteiger partial charge in [-0.3, -0.25) is 9.78 Å². The summed E-state index contributed by atoms with van der Waals surface area (Å²) in [5.74, 6) is 0.629. The summed E-state index contributed by atoms with van der Waals surface area (Å²) < 4.78 is 5.72. The summed E-state index contributed by atoms with van der Waals surface area (Å²) in [7, 11) is 0. The number of pyridine rings is 1. The molecule has 2 aromatic rings. The van der Waals surface area contributed by atoms with Crippen LogP contribution in [0.1, 0.15) is 24.2 Å². The maximum Gasteiger partial charge on any atom is 0.257 e. The number of ether oxygens (including phenoxy) is 1.